The number of carbonyl (C=O) groups is 1. The van der Waals surface area contributed by atoms with Crippen LogP contribution < -0.4 is 5.32 Å². The molecule has 4 heteroatoms. The molecule has 0 bridgehead atoms. The van der Waals surface area contributed by atoms with E-state index in [4.69, 9.17) is 4.74 Å². The van der Waals surface area contributed by atoms with E-state index in [-0.39, 0.29) is 12.0 Å². The minimum absolute atomic E-state index is 0.111. The van der Waals surface area contributed by atoms with Crippen molar-refractivity contribution in [3.8, 4) is 0 Å². The first-order valence-corrected chi connectivity index (χ1v) is 8.81. The lowest BCUT2D eigenvalue weighted by molar-refractivity contribution is -0.143. The number of likely N-dealkylation sites (tertiary alicyclic amines) is 1. The van der Waals surface area contributed by atoms with E-state index in [0.29, 0.717) is 0 Å². The van der Waals surface area contributed by atoms with Gasteiger partial charge in [0.25, 0.3) is 0 Å². The van der Waals surface area contributed by atoms with Crippen molar-refractivity contribution in [2.24, 2.45) is 5.92 Å². The summed E-state index contributed by atoms with van der Waals surface area (Å²) in [6.07, 6.45) is 10.2. The summed E-state index contributed by atoms with van der Waals surface area (Å²) in [5.74, 6) is 0.799. The third-order valence-corrected chi connectivity index (χ3v) is 5.19. The molecule has 1 heterocycles. The number of fused-ring (bicyclic) bond motifs is 1. The van der Waals surface area contributed by atoms with Crippen LogP contribution in [0.3, 0.4) is 0 Å². The summed E-state index contributed by atoms with van der Waals surface area (Å²) in [6.45, 7) is 5.24. The molecule has 2 rings (SSSR count). The molecule has 3 unspecified atom stereocenters. The van der Waals surface area contributed by atoms with Crippen LogP contribution in [-0.2, 0) is 9.53 Å². The largest absolute Gasteiger partial charge is 0.468 e. The van der Waals surface area contributed by atoms with Gasteiger partial charge in [-0.25, -0.2) is 0 Å². The van der Waals surface area contributed by atoms with Gasteiger partial charge in [-0.15, -0.1) is 0 Å². The van der Waals surface area contributed by atoms with Crippen LogP contribution in [0.5, 0.6) is 0 Å². The van der Waals surface area contributed by atoms with E-state index in [0.717, 1.165) is 37.9 Å². The molecular formula is C17H32N2O2. The highest BCUT2D eigenvalue weighted by atomic mass is 16.5. The predicted molar refractivity (Wildman–Crippen MR) is 85.3 cm³/mol. The van der Waals surface area contributed by atoms with Gasteiger partial charge in [0.15, 0.2) is 0 Å². The second-order valence-corrected chi connectivity index (χ2v) is 6.61. The van der Waals surface area contributed by atoms with E-state index in [1.807, 2.05) is 0 Å². The van der Waals surface area contributed by atoms with Crippen LogP contribution in [-0.4, -0.2) is 49.7 Å². The standard InChI is InChI=1S/C17H32N2O2/c1-3-11-18-15(17(20)21-2)10-13-19-12-6-8-14-7-4-5-9-16(14)19/h14-16,18H,3-13H2,1-2H3. The molecule has 0 aromatic carbocycles. The Kier molecular flexibility index (Phi) is 6.97. The zero-order valence-electron chi connectivity index (χ0n) is 13.8. The van der Waals surface area contributed by atoms with Gasteiger partial charge in [-0.1, -0.05) is 19.8 Å². The van der Waals surface area contributed by atoms with Gasteiger partial charge in [-0.3, -0.25) is 4.79 Å². The SMILES string of the molecule is CCCNC(CCN1CCCC2CCCCC21)C(=O)OC. The van der Waals surface area contributed by atoms with Crippen molar-refractivity contribution in [3.63, 3.8) is 0 Å². The Bertz CT molecular complexity index is 320. The van der Waals surface area contributed by atoms with Crippen molar-refractivity contribution in [3.05, 3.63) is 0 Å². The summed E-state index contributed by atoms with van der Waals surface area (Å²) in [7, 11) is 1.49. The van der Waals surface area contributed by atoms with Crippen molar-refractivity contribution >= 4 is 5.97 Å². The van der Waals surface area contributed by atoms with Crippen LogP contribution in [0.1, 0.15) is 58.3 Å². The smallest absolute Gasteiger partial charge is 0.322 e. The van der Waals surface area contributed by atoms with Crippen LogP contribution in [0.4, 0.5) is 0 Å². The molecule has 1 aliphatic carbocycles. The first-order valence-electron chi connectivity index (χ1n) is 8.81. The number of piperidine rings is 1. The number of ether oxygens (including phenoxy) is 1. The Hall–Kier alpha value is -0.610. The molecule has 3 atom stereocenters. The number of rotatable bonds is 7. The lowest BCUT2D eigenvalue weighted by Crippen LogP contribution is -2.49. The normalized spacial score (nSPS) is 27.9. The fraction of sp³-hybridized carbons (Fsp3) is 0.941. The van der Waals surface area contributed by atoms with Crippen molar-refractivity contribution in [1.29, 1.82) is 0 Å². The lowest BCUT2D eigenvalue weighted by atomic mass is 9.78. The summed E-state index contributed by atoms with van der Waals surface area (Å²) >= 11 is 0. The van der Waals surface area contributed by atoms with Gasteiger partial charge in [-0.05, 0) is 57.5 Å². The number of hydrogen-bond donors (Lipinski definition) is 1. The number of esters is 1. The Morgan fingerprint density at radius 3 is 2.81 bits per heavy atom. The summed E-state index contributed by atoms with van der Waals surface area (Å²) in [5, 5.41) is 3.33. The van der Waals surface area contributed by atoms with Crippen molar-refractivity contribution in [1.82, 2.24) is 10.2 Å². The van der Waals surface area contributed by atoms with Crippen LogP contribution in [0.25, 0.3) is 0 Å². The van der Waals surface area contributed by atoms with Crippen LogP contribution >= 0.6 is 0 Å². The maximum absolute atomic E-state index is 11.9. The zero-order chi connectivity index (χ0) is 15.1. The Balaban J connectivity index is 1.84. The molecule has 1 saturated carbocycles. The van der Waals surface area contributed by atoms with Crippen molar-refractivity contribution < 1.29 is 9.53 Å². The fourth-order valence-electron chi connectivity index (χ4n) is 4.06. The summed E-state index contributed by atoms with van der Waals surface area (Å²) in [5.41, 5.74) is 0. The molecule has 0 aromatic rings. The number of carbonyl (C=O) groups excluding carboxylic acids is 1. The molecule has 1 aliphatic heterocycles. The van der Waals surface area contributed by atoms with Crippen LogP contribution in [0.15, 0.2) is 0 Å². The van der Waals surface area contributed by atoms with Crippen molar-refractivity contribution in [2.45, 2.75) is 70.4 Å². The molecule has 2 fully saturated rings. The monoisotopic (exact) mass is 296 g/mol. The van der Waals surface area contributed by atoms with Gasteiger partial charge >= 0.3 is 5.97 Å². The fourth-order valence-corrected chi connectivity index (χ4v) is 4.06. The molecule has 4 nitrogen and oxygen atoms in total. The number of methoxy groups -OCH3 is 1. The molecule has 122 valence electrons. The first-order chi connectivity index (χ1) is 10.3. The second-order valence-electron chi connectivity index (χ2n) is 6.61. The molecule has 1 saturated heterocycles. The highest BCUT2D eigenvalue weighted by Gasteiger charge is 2.33. The average molecular weight is 296 g/mol. The Morgan fingerprint density at radius 1 is 1.29 bits per heavy atom. The van der Waals surface area contributed by atoms with Gasteiger partial charge < -0.3 is 15.0 Å². The van der Waals surface area contributed by atoms with Gasteiger partial charge in [0, 0.05) is 12.6 Å². The molecule has 0 aromatic heterocycles. The summed E-state index contributed by atoms with van der Waals surface area (Å²) < 4.78 is 4.94. The van der Waals surface area contributed by atoms with E-state index < -0.39 is 0 Å². The predicted octanol–water partition coefficient (Wildman–Crippen LogP) is 2.57. The van der Waals surface area contributed by atoms with E-state index in [9.17, 15) is 4.79 Å². The molecule has 1 N–H and O–H groups in total. The zero-order valence-corrected chi connectivity index (χ0v) is 13.8. The van der Waals surface area contributed by atoms with Gasteiger partial charge in [-0.2, -0.15) is 0 Å². The first kappa shape index (κ1) is 16.8. The molecule has 2 aliphatic rings. The number of nitrogens with zero attached hydrogens (tertiary/aromatic N) is 1. The molecule has 21 heavy (non-hydrogen) atoms. The highest BCUT2D eigenvalue weighted by molar-refractivity contribution is 5.75. The Morgan fingerprint density at radius 2 is 2.05 bits per heavy atom. The number of nitrogens with one attached hydrogen (secondary N) is 1. The minimum Gasteiger partial charge on any atom is -0.468 e. The van der Waals surface area contributed by atoms with Crippen LogP contribution in [0, 0.1) is 5.92 Å². The van der Waals surface area contributed by atoms with Gasteiger partial charge in [0.2, 0.25) is 0 Å². The molecule has 0 spiro atoms. The lowest BCUT2D eigenvalue weighted by Gasteiger charge is -2.44. The maximum atomic E-state index is 11.9. The molecular weight excluding hydrogens is 264 g/mol. The molecule has 0 amide bonds. The van der Waals surface area contributed by atoms with Gasteiger partial charge in [0.1, 0.15) is 6.04 Å². The van der Waals surface area contributed by atoms with Crippen LogP contribution in [0.2, 0.25) is 0 Å². The van der Waals surface area contributed by atoms with E-state index in [1.165, 1.54) is 52.2 Å². The topological polar surface area (TPSA) is 41.6 Å². The quantitative estimate of drug-likeness (QED) is 0.733. The summed E-state index contributed by atoms with van der Waals surface area (Å²) in [6, 6.07) is 0.635. The third kappa shape index (κ3) is 4.68. The summed E-state index contributed by atoms with van der Waals surface area (Å²) in [4.78, 5) is 14.5. The average Bonchev–Trinajstić information content (AvgIpc) is 2.54. The maximum Gasteiger partial charge on any atom is 0.322 e. The highest BCUT2D eigenvalue weighted by Crippen LogP contribution is 2.35. The molecule has 0 radical (unpaired) electrons. The Labute approximate surface area is 129 Å². The minimum atomic E-state index is -0.140. The third-order valence-electron chi connectivity index (χ3n) is 5.19. The van der Waals surface area contributed by atoms with Crippen molar-refractivity contribution in [2.75, 3.05) is 26.7 Å². The van der Waals surface area contributed by atoms with E-state index >= 15 is 0 Å². The van der Waals surface area contributed by atoms with E-state index in [2.05, 4.69) is 17.1 Å². The number of hydrogen-bond acceptors (Lipinski definition) is 4. The van der Waals surface area contributed by atoms with Gasteiger partial charge in [0.05, 0.1) is 7.11 Å². The second kappa shape index (κ2) is 8.74. The van der Waals surface area contributed by atoms with E-state index in [1.54, 1.807) is 0 Å².